The molecule has 0 aromatic heterocycles. The first-order valence-corrected chi connectivity index (χ1v) is 4.68. The van der Waals surface area contributed by atoms with Gasteiger partial charge < -0.3 is 19.9 Å². The van der Waals surface area contributed by atoms with Gasteiger partial charge in [0.2, 0.25) is 5.91 Å². The number of esters is 1. The molecule has 0 rings (SSSR count). The van der Waals surface area contributed by atoms with Crippen LogP contribution in [0.4, 0.5) is 0 Å². The van der Waals surface area contributed by atoms with Crippen LogP contribution in [0.5, 0.6) is 0 Å². The second-order valence-electron chi connectivity index (χ2n) is 2.90. The van der Waals surface area contributed by atoms with Crippen LogP contribution >= 0.6 is 0 Å². The van der Waals surface area contributed by atoms with Crippen molar-refractivity contribution in [1.29, 1.82) is 0 Å². The van der Waals surface area contributed by atoms with Gasteiger partial charge in [-0.25, -0.2) is 4.79 Å². The van der Waals surface area contributed by atoms with Crippen LogP contribution in [0.1, 0.15) is 13.3 Å². The Balaban J connectivity index is 4.22. The molecule has 0 bridgehead atoms. The molecule has 0 aromatic rings. The molecule has 0 saturated carbocycles. The van der Waals surface area contributed by atoms with Gasteiger partial charge in [0, 0.05) is 7.11 Å². The molecular weight excluding hydrogens is 218 g/mol. The van der Waals surface area contributed by atoms with Crippen molar-refractivity contribution in [2.75, 3.05) is 20.3 Å². The van der Waals surface area contributed by atoms with Crippen molar-refractivity contribution in [3.05, 3.63) is 0 Å². The third kappa shape index (κ3) is 5.97. The van der Waals surface area contributed by atoms with E-state index in [1.807, 2.05) is 0 Å². The Labute approximate surface area is 92.7 Å². The third-order valence-electron chi connectivity index (χ3n) is 1.58. The van der Waals surface area contributed by atoms with E-state index in [0.29, 0.717) is 0 Å². The van der Waals surface area contributed by atoms with Gasteiger partial charge in [0.1, 0.15) is 12.6 Å². The molecule has 0 fully saturated rings. The lowest BCUT2D eigenvalue weighted by Crippen LogP contribution is -2.43. The fourth-order valence-electron chi connectivity index (χ4n) is 0.954. The van der Waals surface area contributed by atoms with E-state index in [9.17, 15) is 14.4 Å². The molecule has 0 radical (unpaired) electrons. The van der Waals surface area contributed by atoms with Crippen LogP contribution in [-0.4, -0.2) is 49.3 Å². The van der Waals surface area contributed by atoms with Gasteiger partial charge in [0.05, 0.1) is 13.0 Å². The predicted octanol–water partition coefficient (Wildman–Crippen LogP) is -0.845. The maximum atomic E-state index is 11.0. The van der Waals surface area contributed by atoms with E-state index in [0.717, 1.165) is 0 Å². The molecule has 0 aliphatic heterocycles. The van der Waals surface area contributed by atoms with E-state index in [2.05, 4.69) is 14.8 Å². The van der Waals surface area contributed by atoms with Gasteiger partial charge in [-0.15, -0.1) is 0 Å². The summed E-state index contributed by atoms with van der Waals surface area (Å²) < 4.78 is 9.09. The maximum absolute atomic E-state index is 11.0. The highest BCUT2D eigenvalue weighted by Gasteiger charge is 2.23. The fraction of sp³-hybridized carbons (Fsp3) is 0.667. The maximum Gasteiger partial charge on any atom is 0.326 e. The van der Waals surface area contributed by atoms with Crippen molar-refractivity contribution in [2.24, 2.45) is 0 Å². The minimum Gasteiger partial charge on any atom is -0.480 e. The number of carbonyl (C=O) groups is 3. The number of ether oxygens (including phenoxy) is 2. The number of amides is 1. The van der Waals surface area contributed by atoms with Gasteiger partial charge in [-0.05, 0) is 6.92 Å². The van der Waals surface area contributed by atoms with Crippen molar-refractivity contribution >= 4 is 17.8 Å². The lowest BCUT2D eigenvalue weighted by atomic mass is 10.2. The second kappa shape index (κ2) is 7.63. The highest BCUT2D eigenvalue weighted by Crippen LogP contribution is 1.96. The first-order chi connectivity index (χ1) is 7.51. The first-order valence-electron chi connectivity index (χ1n) is 4.68. The minimum atomic E-state index is -1.29. The molecule has 1 amide bonds. The zero-order valence-electron chi connectivity index (χ0n) is 9.19. The molecule has 0 heterocycles. The molecule has 0 spiro atoms. The molecule has 1 atom stereocenters. The van der Waals surface area contributed by atoms with Gasteiger partial charge >= 0.3 is 11.9 Å². The van der Waals surface area contributed by atoms with Crippen LogP contribution in [-0.2, 0) is 23.9 Å². The van der Waals surface area contributed by atoms with Crippen molar-refractivity contribution in [1.82, 2.24) is 5.32 Å². The van der Waals surface area contributed by atoms with E-state index in [4.69, 9.17) is 5.11 Å². The number of hydrogen-bond acceptors (Lipinski definition) is 5. The van der Waals surface area contributed by atoms with Gasteiger partial charge in [0.25, 0.3) is 0 Å². The van der Waals surface area contributed by atoms with Gasteiger partial charge in [0.15, 0.2) is 0 Å². The van der Waals surface area contributed by atoms with Crippen LogP contribution in [0, 0.1) is 0 Å². The average Bonchev–Trinajstić information content (AvgIpc) is 2.17. The first kappa shape index (κ1) is 14.4. The Kier molecular flexibility index (Phi) is 6.86. The summed E-state index contributed by atoms with van der Waals surface area (Å²) in [7, 11) is 1.31. The number of aliphatic carboxylic acids is 1. The molecule has 2 N–H and O–H groups in total. The lowest BCUT2D eigenvalue weighted by molar-refractivity contribution is -0.150. The summed E-state index contributed by atoms with van der Waals surface area (Å²) >= 11 is 0. The summed E-state index contributed by atoms with van der Waals surface area (Å²) in [6, 6.07) is -1.29. The molecule has 0 aliphatic carbocycles. The molecular formula is C9H15NO6. The van der Waals surface area contributed by atoms with E-state index in [1.54, 1.807) is 6.92 Å². The van der Waals surface area contributed by atoms with Crippen molar-refractivity contribution in [3.8, 4) is 0 Å². The van der Waals surface area contributed by atoms with Gasteiger partial charge in [-0.1, -0.05) is 0 Å². The molecule has 0 unspecified atom stereocenters. The fourth-order valence-corrected chi connectivity index (χ4v) is 0.954. The molecule has 7 heteroatoms. The molecule has 0 aromatic carbocycles. The number of carboxylic acid groups (broad SMARTS) is 1. The van der Waals surface area contributed by atoms with Gasteiger partial charge in [-0.3, -0.25) is 9.59 Å². The highest BCUT2D eigenvalue weighted by atomic mass is 16.5. The van der Waals surface area contributed by atoms with Crippen molar-refractivity contribution in [3.63, 3.8) is 0 Å². The average molecular weight is 233 g/mol. The highest BCUT2D eigenvalue weighted by molar-refractivity contribution is 5.87. The number of carboxylic acids is 1. The number of rotatable bonds is 7. The van der Waals surface area contributed by atoms with E-state index < -0.39 is 30.3 Å². The quantitative estimate of drug-likeness (QED) is 0.556. The summed E-state index contributed by atoms with van der Waals surface area (Å²) in [5, 5.41) is 10.9. The molecule has 92 valence electrons. The molecule has 0 aliphatic rings. The smallest absolute Gasteiger partial charge is 0.326 e. The van der Waals surface area contributed by atoms with E-state index in [1.165, 1.54) is 7.11 Å². The summed E-state index contributed by atoms with van der Waals surface area (Å²) in [5.41, 5.74) is 0. The SMILES string of the molecule is CCOC(=O)C[C@@H](NC(=O)COC)C(=O)O. The monoisotopic (exact) mass is 233 g/mol. The van der Waals surface area contributed by atoms with Crippen molar-refractivity contribution in [2.45, 2.75) is 19.4 Å². The number of carbonyl (C=O) groups excluding carboxylic acids is 2. The zero-order chi connectivity index (χ0) is 12.6. The second-order valence-corrected chi connectivity index (χ2v) is 2.90. The molecule has 16 heavy (non-hydrogen) atoms. The number of hydrogen-bond donors (Lipinski definition) is 2. The van der Waals surface area contributed by atoms with E-state index >= 15 is 0 Å². The Morgan fingerprint density at radius 2 is 2.00 bits per heavy atom. The number of nitrogens with one attached hydrogen (secondary N) is 1. The standard InChI is InChI=1S/C9H15NO6/c1-3-16-8(12)4-6(9(13)14)10-7(11)5-15-2/h6H,3-5H2,1-2H3,(H,10,11)(H,13,14)/t6-/m1/s1. The summed E-state index contributed by atoms with van der Waals surface area (Å²) in [6.07, 6.45) is -0.404. The third-order valence-corrected chi connectivity index (χ3v) is 1.58. The topological polar surface area (TPSA) is 102 Å². The Morgan fingerprint density at radius 1 is 1.38 bits per heavy atom. The Morgan fingerprint density at radius 3 is 2.44 bits per heavy atom. The van der Waals surface area contributed by atoms with Crippen LogP contribution in [0.3, 0.4) is 0 Å². The summed E-state index contributed by atoms with van der Waals surface area (Å²) in [4.78, 5) is 32.8. The van der Waals surface area contributed by atoms with Crippen LogP contribution in [0.15, 0.2) is 0 Å². The normalized spacial score (nSPS) is 11.6. The number of methoxy groups -OCH3 is 1. The minimum absolute atomic E-state index is 0.164. The lowest BCUT2D eigenvalue weighted by Gasteiger charge is -2.13. The predicted molar refractivity (Wildman–Crippen MR) is 52.7 cm³/mol. The molecule has 7 nitrogen and oxygen atoms in total. The van der Waals surface area contributed by atoms with Crippen molar-refractivity contribution < 1.29 is 29.0 Å². The molecule has 0 saturated heterocycles. The van der Waals surface area contributed by atoms with E-state index in [-0.39, 0.29) is 13.2 Å². The van der Waals surface area contributed by atoms with Crippen LogP contribution < -0.4 is 5.32 Å². The van der Waals surface area contributed by atoms with Crippen LogP contribution in [0.25, 0.3) is 0 Å². The Hall–Kier alpha value is -1.63. The van der Waals surface area contributed by atoms with Gasteiger partial charge in [-0.2, -0.15) is 0 Å². The largest absolute Gasteiger partial charge is 0.480 e. The summed E-state index contributed by atoms with van der Waals surface area (Å²) in [5.74, 6) is -2.57. The zero-order valence-corrected chi connectivity index (χ0v) is 9.19. The summed E-state index contributed by atoms with van der Waals surface area (Å²) in [6.45, 7) is 1.51. The van der Waals surface area contributed by atoms with Crippen LogP contribution in [0.2, 0.25) is 0 Å². The Bertz CT molecular complexity index is 245.